The second-order valence-corrected chi connectivity index (χ2v) is 7.69. The topological polar surface area (TPSA) is 55.9 Å². The largest absolute Gasteiger partial charge is 0.326 e. The molecule has 2 aliphatic rings. The number of nitrogens with zero attached hydrogens (tertiary/aromatic N) is 3. The molecule has 0 radical (unpaired) electrons. The van der Waals surface area contributed by atoms with E-state index in [1.807, 2.05) is 48.2 Å². The van der Waals surface area contributed by atoms with Gasteiger partial charge in [-0.1, -0.05) is 12.1 Å². The maximum Gasteiger partial charge on any atom is 0.320 e. The van der Waals surface area contributed by atoms with Crippen LogP contribution in [0.3, 0.4) is 0 Å². The summed E-state index contributed by atoms with van der Waals surface area (Å²) in [5, 5.41) is 3.02. The molecular formula is C20H30N4O2. The molecule has 0 bridgehead atoms. The maximum atomic E-state index is 12.6. The molecule has 0 saturated carbocycles. The summed E-state index contributed by atoms with van der Waals surface area (Å²) in [6.07, 6.45) is 3.91. The molecule has 1 aromatic rings. The number of carbonyl (C=O) groups is 2. The average molecular weight is 358 g/mol. The van der Waals surface area contributed by atoms with Gasteiger partial charge in [0, 0.05) is 38.4 Å². The molecule has 0 spiro atoms. The molecule has 26 heavy (non-hydrogen) atoms. The Labute approximate surface area is 156 Å². The molecule has 0 aliphatic carbocycles. The van der Waals surface area contributed by atoms with Crippen LogP contribution < -0.4 is 5.32 Å². The smallest absolute Gasteiger partial charge is 0.320 e. The van der Waals surface area contributed by atoms with Gasteiger partial charge in [0.2, 0.25) is 5.91 Å². The maximum absolute atomic E-state index is 12.6. The van der Waals surface area contributed by atoms with Crippen LogP contribution in [0, 0.1) is 5.92 Å². The molecule has 0 aromatic heterocycles. The summed E-state index contributed by atoms with van der Waals surface area (Å²) in [4.78, 5) is 31.1. The first-order valence-electron chi connectivity index (χ1n) is 9.61. The highest BCUT2D eigenvalue weighted by atomic mass is 16.2. The van der Waals surface area contributed by atoms with Crippen molar-refractivity contribution in [3.63, 3.8) is 0 Å². The molecule has 6 nitrogen and oxygen atoms in total. The quantitative estimate of drug-likeness (QED) is 0.900. The zero-order valence-electron chi connectivity index (χ0n) is 15.9. The van der Waals surface area contributed by atoms with E-state index in [1.54, 1.807) is 0 Å². The molecule has 1 atom stereocenters. The number of hydrogen-bond donors (Lipinski definition) is 1. The van der Waals surface area contributed by atoms with Crippen LogP contribution in [0.4, 0.5) is 10.5 Å². The number of urea groups is 1. The van der Waals surface area contributed by atoms with Crippen molar-refractivity contribution < 1.29 is 9.59 Å². The van der Waals surface area contributed by atoms with Gasteiger partial charge in [-0.15, -0.1) is 0 Å². The van der Waals surface area contributed by atoms with E-state index in [4.69, 9.17) is 0 Å². The summed E-state index contributed by atoms with van der Waals surface area (Å²) in [6.45, 7) is 3.87. The molecule has 2 aliphatic heterocycles. The van der Waals surface area contributed by atoms with E-state index in [2.05, 4.69) is 10.2 Å². The van der Waals surface area contributed by atoms with Gasteiger partial charge in [0.1, 0.15) is 0 Å². The van der Waals surface area contributed by atoms with Gasteiger partial charge in [-0.25, -0.2) is 4.79 Å². The molecule has 2 heterocycles. The number of piperidine rings is 1. The number of hydrogen-bond acceptors (Lipinski definition) is 3. The summed E-state index contributed by atoms with van der Waals surface area (Å²) in [5.41, 5.74) is 2.04. The number of amides is 3. The van der Waals surface area contributed by atoms with Gasteiger partial charge in [0.15, 0.2) is 0 Å². The molecule has 3 rings (SSSR count). The van der Waals surface area contributed by atoms with E-state index in [1.165, 1.54) is 5.56 Å². The van der Waals surface area contributed by atoms with Crippen LogP contribution in [0.2, 0.25) is 0 Å². The number of carbonyl (C=O) groups excluding carboxylic acids is 2. The van der Waals surface area contributed by atoms with Gasteiger partial charge < -0.3 is 20.0 Å². The fraction of sp³-hybridized carbons (Fsp3) is 0.600. The van der Waals surface area contributed by atoms with Crippen molar-refractivity contribution in [1.82, 2.24) is 14.7 Å². The predicted molar refractivity (Wildman–Crippen MR) is 103 cm³/mol. The van der Waals surface area contributed by atoms with Gasteiger partial charge in [0.05, 0.1) is 5.92 Å². The third-order valence-electron chi connectivity index (χ3n) is 5.16. The first-order valence-corrected chi connectivity index (χ1v) is 9.61. The summed E-state index contributed by atoms with van der Waals surface area (Å²) in [7, 11) is 4.07. The zero-order chi connectivity index (χ0) is 18.5. The molecule has 0 unspecified atom stereocenters. The Morgan fingerprint density at radius 3 is 2.35 bits per heavy atom. The molecule has 142 valence electrons. The fourth-order valence-electron chi connectivity index (χ4n) is 3.78. The van der Waals surface area contributed by atoms with Gasteiger partial charge in [-0.2, -0.15) is 0 Å². The van der Waals surface area contributed by atoms with E-state index in [9.17, 15) is 9.59 Å². The number of likely N-dealkylation sites (tertiary alicyclic amines) is 2. The molecule has 3 amide bonds. The van der Waals surface area contributed by atoms with Gasteiger partial charge >= 0.3 is 6.03 Å². The molecule has 6 heteroatoms. The van der Waals surface area contributed by atoms with Crippen LogP contribution in [0.5, 0.6) is 0 Å². The third-order valence-corrected chi connectivity index (χ3v) is 5.16. The molecule has 1 aromatic carbocycles. The SMILES string of the molecule is CN(C)Cc1ccc(NC(=O)[C@H]2CCCN(C(=O)N3CCCC3)C2)cc1. The first-order chi connectivity index (χ1) is 12.5. The van der Waals surface area contributed by atoms with E-state index >= 15 is 0 Å². The van der Waals surface area contributed by atoms with Crippen molar-refractivity contribution in [2.24, 2.45) is 5.92 Å². The molecule has 2 saturated heterocycles. The van der Waals surface area contributed by atoms with E-state index in [0.29, 0.717) is 6.54 Å². The fourth-order valence-corrected chi connectivity index (χ4v) is 3.78. The summed E-state index contributed by atoms with van der Waals surface area (Å²) >= 11 is 0. The number of nitrogens with one attached hydrogen (secondary N) is 1. The minimum Gasteiger partial charge on any atom is -0.326 e. The van der Waals surface area contributed by atoms with Crippen LogP contribution >= 0.6 is 0 Å². The highest BCUT2D eigenvalue weighted by molar-refractivity contribution is 5.93. The first kappa shape index (κ1) is 18.7. The van der Waals surface area contributed by atoms with Crippen molar-refractivity contribution >= 4 is 17.6 Å². The van der Waals surface area contributed by atoms with Gasteiger partial charge in [-0.05, 0) is 57.5 Å². The van der Waals surface area contributed by atoms with Crippen molar-refractivity contribution in [3.8, 4) is 0 Å². The minimum absolute atomic E-state index is 0.0179. The summed E-state index contributed by atoms with van der Waals surface area (Å²) in [6, 6.07) is 8.09. The normalized spacial score (nSPS) is 20.5. The zero-order valence-corrected chi connectivity index (χ0v) is 15.9. The van der Waals surface area contributed by atoms with E-state index < -0.39 is 0 Å². The molecule has 2 fully saturated rings. The van der Waals surface area contributed by atoms with Crippen molar-refractivity contribution in [3.05, 3.63) is 29.8 Å². The minimum atomic E-state index is -0.128. The third kappa shape index (κ3) is 4.75. The van der Waals surface area contributed by atoms with Gasteiger partial charge in [-0.3, -0.25) is 4.79 Å². The van der Waals surface area contributed by atoms with Crippen LogP contribution in [0.1, 0.15) is 31.2 Å². The van der Waals surface area contributed by atoms with Crippen LogP contribution in [-0.2, 0) is 11.3 Å². The standard InChI is InChI=1S/C20H30N4O2/c1-22(2)14-16-7-9-18(10-8-16)21-19(25)17-6-5-13-24(15-17)20(26)23-11-3-4-12-23/h7-10,17H,3-6,11-15H2,1-2H3,(H,21,25)/t17-/m0/s1. The Morgan fingerprint density at radius 1 is 1.04 bits per heavy atom. The Kier molecular flexibility index (Phi) is 6.14. The molecular weight excluding hydrogens is 328 g/mol. The number of benzene rings is 1. The van der Waals surface area contributed by atoms with Crippen molar-refractivity contribution in [1.29, 1.82) is 0 Å². The highest BCUT2D eigenvalue weighted by Crippen LogP contribution is 2.21. The Morgan fingerprint density at radius 2 is 1.69 bits per heavy atom. The lowest BCUT2D eigenvalue weighted by Crippen LogP contribution is -2.48. The van der Waals surface area contributed by atoms with Crippen molar-refractivity contribution in [2.75, 3.05) is 45.6 Å². The lowest BCUT2D eigenvalue weighted by Gasteiger charge is -2.34. The lowest BCUT2D eigenvalue weighted by atomic mass is 9.97. The van der Waals surface area contributed by atoms with E-state index in [-0.39, 0.29) is 17.9 Å². The van der Waals surface area contributed by atoms with Crippen LogP contribution in [-0.4, -0.2) is 66.9 Å². The van der Waals surface area contributed by atoms with E-state index in [0.717, 1.165) is 57.5 Å². The number of anilines is 1. The number of rotatable bonds is 4. The Hall–Kier alpha value is -2.08. The second-order valence-electron chi connectivity index (χ2n) is 7.69. The monoisotopic (exact) mass is 358 g/mol. The van der Waals surface area contributed by atoms with Crippen LogP contribution in [0.15, 0.2) is 24.3 Å². The Balaban J connectivity index is 1.54. The Bertz CT molecular complexity index is 623. The summed E-state index contributed by atoms with van der Waals surface area (Å²) < 4.78 is 0. The predicted octanol–water partition coefficient (Wildman–Crippen LogP) is 2.61. The average Bonchev–Trinajstić information content (AvgIpc) is 3.17. The van der Waals surface area contributed by atoms with Crippen LogP contribution in [0.25, 0.3) is 0 Å². The van der Waals surface area contributed by atoms with Crippen molar-refractivity contribution in [2.45, 2.75) is 32.2 Å². The highest BCUT2D eigenvalue weighted by Gasteiger charge is 2.31. The summed E-state index contributed by atoms with van der Waals surface area (Å²) in [5.74, 6) is -0.110. The second kappa shape index (κ2) is 8.54. The molecule has 1 N–H and O–H groups in total. The lowest BCUT2D eigenvalue weighted by molar-refractivity contribution is -0.121. The van der Waals surface area contributed by atoms with Gasteiger partial charge in [0.25, 0.3) is 0 Å².